The van der Waals surface area contributed by atoms with Crippen LogP contribution in [0.3, 0.4) is 0 Å². The molecule has 1 heterocycles. The lowest BCUT2D eigenvalue weighted by Crippen LogP contribution is -2.15. The van der Waals surface area contributed by atoms with Gasteiger partial charge >= 0.3 is 5.97 Å². The highest BCUT2D eigenvalue weighted by Crippen LogP contribution is 2.37. The Balaban J connectivity index is 1.42. The number of allylic oxidation sites excluding steroid dienone is 1. The topological polar surface area (TPSA) is 48.4 Å². The minimum Gasteiger partial charge on any atom is -0.490 e. The van der Waals surface area contributed by atoms with Crippen LogP contribution in [0.25, 0.3) is 22.6 Å². The van der Waals surface area contributed by atoms with Crippen LogP contribution in [0.5, 0.6) is 5.75 Å². The molecule has 0 radical (unpaired) electrons. The third-order valence-corrected chi connectivity index (χ3v) is 5.61. The van der Waals surface area contributed by atoms with Gasteiger partial charge < -0.3 is 9.47 Å². The smallest absolute Gasteiger partial charge is 0.339 e. The van der Waals surface area contributed by atoms with Gasteiger partial charge in [-0.2, -0.15) is 0 Å². The van der Waals surface area contributed by atoms with Crippen LogP contribution in [0.15, 0.2) is 84.9 Å². The highest BCUT2D eigenvalue weighted by molar-refractivity contribution is 6.07. The van der Waals surface area contributed by atoms with Crippen LogP contribution in [0.4, 0.5) is 0 Å². The van der Waals surface area contributed by atoms with Crippen LogP contribution in [0, 0.1) is 0 Å². The molecule has 1 aliphatic carbocycles. The zero-order valence-electron chi connectivity index (χ0n) is 17.7. The summed E-state index contributed by atoms with van der Waals surface area (Å²) in [5, 5.41) is 0.834. The average molecular weight is 421 g/mol. The molecule has 1 aliphatic rings. The Morgan fingerprint density at radius 3 is 2.38 bits per heavy atom. The predicted molar refractivity (Wildman–Crippen MR) is 127 cm³/mol. The van der Waals surface area contributed by atoms with Crippen LogP contribution in [-0.2, 0) is 11.2 Å². The fourth-order valence-corrected chi connectivity index (χ4v) is 4.15. The van der Waals surface area contributed by atoms with E-state index in [4.69, 9.17) is 14.5 Å². The van der Waals surface area contributed by atoms with Crippen LogP contribution >= 0.6 is 0 Å². The van der Waals surface area contributed by atoms with E-state index >= 15 is 0 Å². The van der Waals surface area contributed by atoms with Crippen molar-refractivity contribution in [2.45, 2.75) is 12.8 Å². The predicted octanol–water partition coefficient (Wildman–Crippen LogP) is 5.96. The normalized spacial score (nSPS) is 13.8. The fraction of sp³-hybridized carbons (Fsp3) is 0.143. The van der Waals surface area contributed by atoms with Crippen molar-refractivity contribution in [3.63, 3.8) is 0 Å². The molecule has 0 amide bonds. The monoisotopic (exact) mass is 421 g/mol. The van der Waals surface area contributed by atoms with Crippen molar-refractivity contribution in [3.05, 3.63) is 107 Å². The fourth-order valence-electron chi connectivity index (χ4n) is 4.15. The van der Waals surface area contributed by atoms with E-state index in [1.807, 2.05) is 72.8 Å². The molecule has 0 saturated heterocycles. The summed E-state index contributed by atoms with van der Waals surface area (Å²) in [6.45, 7) is 0.492. The number of carbonyl (C=O) groups excluding carboxylic acids is 1. The van der Waals surface area contributed by atoms with Crippen molar-refractivity contribution < 1.29 is 14.3 Å². The second-order valence-corrected chi connectivity index (χ2v) is 7.71. The molecule has 0 aliphatic heterocycles. The van der Waals surface area contributed by atoms with E-state index in [-0.39, 0.29) is 12.6 Å². The van der Waals surface area contributed by atoms with E-state index < -0.39 is 0 Å². The zero-order chi connectivity index (χ0) is 21.8. The number of fused-ring (bicyclic) bond motifs is 2. The highest BCUT2D eigenvalue weighted by atomic mass is 16.6. The van der Waals surface area contributed by atoms with E-state index in [0.29, 0.717) is 12.2 Å². The largest absolute Gasteiger partial charge is 0.490 e. The van der Waals surface area contributed by atoms with Crippen molar-refractivity contribution in [1.29, 1.82) is 0 Å². The van der Waals surface area contributed by atoms with Gasteiger partial charge in [0.15, 0.2) is 0 Å². The molecule has 4 aromatic rings. The van der Waals surface area contributed by atoms with Gasteiger partial charge in [-0.15, -0.1) is 0 Å². The Bertz CT molecular complexity index is 1280. The summed E-state index contributed by atoms with van der Waals surface area (Å²) in [5.74, 6) is 0.437. The second-order valence-electron chi connectivity index (χ2n) is 7.71. The van der Waals surface area contributed by atoms with Gasteiger partial charge in [-0.1, -0.05) is 66.7 Å². The lowest BCUT2D eigenvalue weighted by molar-refractivity contribution is 0.0451. The summed E-state index contributed by atoms with van der Waals surface area (Å²) < 4.78 is 11.3. The van der Waals surface area contributed by atoms with Crippen molar-refractivity contribution >= 4 is 28.5 Å². The number of nitrogens with zero attached hydrogens (tertiary/aromatic N) is 1. The van der Waals surface area contributed by atoms with Gasteiger partial charge in [0.25, 0.3) is 0 Å². The molecule has 4 heteroatoms. The molecule has 1 aromatic heterocycles. The number of pyridine rings is 1. The average Bonchev–Trinajstić information content (AvgIpc) is 3.23. The molecule has 5 rings (SSSR count). The minimum atomic E-state index is -0.322. The van der Waals surface area contributed by atoms with Crippen LogP contribution in [-0.4, -0.2) is 24.2 Å². The van der Waals surface area contributed by atoms with Gasteiger partial charge in [0.05, 0.1) is 16.8 Å². The number of esters is 1. The van der Waals surface area contributed by atoms with E-state index in [2.05, 4.69) is 18.2 Å². The number of benzene rings is 3. The SMILES string of the molecule is O=C(OCCOc1ccccc1)c1c2c(nc3ccccc13)/C(=C/c1ccccc1)CC2. The molecule has 0 bridgehead atoms. The molecule has 0 saturated carbocycles. The van der Waals surface area contributed by atoms with Gasteiger partial charge in [0.1, 0.15) is 19.0 Å². The van der Waals surface area contributed by atoms with Gasteiger partial charge in [0.2, 0.25) is 0 Å². The zero-order valence-corrected chi connectivity index (χ0v) is 17.7. The quantitative estimate of drug-likeness (QED) is 0.285. The summed E-state index contributed by atoms with van der Waals surface area (Å²) in [6, 6.07) is 27.5. The van der Waals surface area contributed by atoms with Gasteiger partial charge in [-0.3, -0.25) is 0 Å². The first kappa shape index (κ1) is 20.0. The summed E-state index contributed by atoms with van der Waals surface area (Å²) in [7, 11) is 0. The Hall–Kier alpha value is -3.92. The third-order valence-electron chi connectivity index (χ3n) is 5.61. The second kappa shape index (κ2) is 9.06. The molecule has 158 valence electrons. The number of para-hydroxylation sites is 2. The molecule has 3 aromatic carbocycles. The molecular formula is C28H23NO3. The maximum Gasteiger partial charge on any atom is 0.339 e. The van der Waals surface area contributed by atoms with Crippen molar-refractivity contribution in [1.82, 2.24) is 4.98 Å². The van der Waals surface area contributed by atoms with E-state index in [1.165, 1.54) is 0 Å². The van der Waals surface area contributed by atoms with Gasteiger partial charge in [-0.05, 0) is 53.8 Å². The highest BCUT2D eigenvalue weighted by Gasteiger charge is 2.27. The maximum atomic E-state index is 13.2. The lowest BCUT2D eigenvalue weighted by atomic mass is 10.0. The lowest BCUT2D eigenvalue weighted by Gasteiger charge is -2.13. The molecule has 4 nitrogen and oxygen atoms in total. The number of aromatic nitrogens is 1. The number of carbonyl (C=O) groups is 1. The Labute approximate surface area is 187 Å². The molecule has 0 unspecified atom stereocenters. The molecular weight excluding hydrogens is 398 g/mol. The minimum absolute atomic E-state index is 0.186. The van der Waals surface area contributed by atoms with E-state index in [9.17, 15) is 4.79 Å². The summed E-state index contributed by atoms with van der Waals surface area (Å²) in [5.41, 5.74) is 5.59. The Kier molecular flexibility index (Phi) is 5.67. The number of hydrogen-bond donors (Lipinski definition) is 0. The van der Waals surface area contributed by atoms with E-state index in [1.54, 1.807) is 0 Å². The molecule has 0 atom stereocenters. The number of hydrogen-bond acceptors (Lipinski definition) is 4. The molecule has 0 N–H and O–H groups in total. The third kappa shape index (κ3) is 4.12. The first-order chi connectivity index (χ1) is 15.8. The number of ether oxygens (including phenoxy) is 2. The van der Waals surface area contributed by atoms with E-state index in [0.717, 1.165) is 51.9 Å². The van der Waals surface area contributed by atoms with Crippen LogP contribution in [0.1, 0.15) is 33.6 Å². The Morgan fingerprint density at radius 2 is 1.56 bits per heavy atom. The van der Waals surface area contributed by atoms with Gasteiger partial charge in [-0.25, -0.2) is 9.78 Å². The van der Waals surface area contributed by atoms with Crippen molar-refractivity contribution in [3.8, 4) is 5.75 Å². The first-order valence-electron chi connectivity index (χ1n) is 10.8. The van der Waals surface area contributed by atoms with Crippen molar-refractivity contribution in [2.75, 3.05) is 13.2 Å². The number of rotatable bonds is 6. The molecule has 0 fully saturated rings. The van der Waals surface area contributed by atoms with Gasteiger partial charge in [0, 0.05) is 5.39 Å². The summed E-state index contributed by atoms with van der Waals surface area (Å²) >= 11 is 0. The first-order valence-corrected chi connectivity index (χ1v) is 10.8. The summed E-state index contributed by atoms with van der Waals surface area (Å²) in [6.07, 6.45) is 3.79. The maximum absolute atomic E-state index is 13.2. The van der Waals surface area contributed by atoms with Crippen molar-refractivity contribution in [2.24, 2.45) is 0 Å². The molecule has 0 spiro atoms. The molecule has 32 heavy (non-hydrogen) atoms. The summed E-state index contributed by atoms with van der Waals surface area (Å²) in [4.78, 5) is 18.1. The Morgan fingerprint density at radius 1 is 0.844 bits per heavy atom. The van der Waals surface area contributed by atoms with Crippen LogP contribution in [0.2, 0.25) is 0 Å². The van der Waals surface area contributed by atoms with Crippen LogP contribution < -0.4 is 4.74 Å². The standard InChI is InChI=1S/C28H23NO3/c30-28(32-18-17-31-22-11-5-2-6-12-22)26-23-13-7-8-14-25(23)29-27-21(15-16-24(26)27)19-20-9-3-1-4-10-20/h1-14,19H,15-18H2/b21-19+.